The van der Waals surface area contributed by atoms with Gasteiger partial charge >= 0.3 is 29.7 Å². The average molecular weight is 630 g/mol. The van der Waals surface area contributed by atoms with Crippen LogP contribution in [0.15, 0.2) is 96.1 Å². The van der Waals surface area contributed by atoms with Crippen molar-refractivity contribution in [3.63, 3.8) is 0 Å². The van der Waals surface area contributed by atoms with Crippen LogP contribution in [0.3, 0.4) is 0 Å². The zero-order valence-electron chi connectivity index (χ0n) is 17.4. The SMILES string of the molecule is Cc1cc(C(=Nc2ccccc2)c2ccccc2)[c-]c(-c2cc(C(F)(F)F)ccn2)c1.[F][Pt+]. The average Bonchev–Trinajstić information content (AvgIpc) is 2.84. The third-order valence-corrected chi connectivity index (χ3v) is 4.68. The minimum atomic E-state index is -4.44. The third kappa shape index (κ3) is 6.45. The van der Waals surface area contributed by atoms with Gasteiger partial charge in [-0.05, 0) is 23.8 Å². The summed E-state index contributed by atoms with van der Waals surface area (Å²) in [4.78, 5) is 8.97. The van der Waals surface area contributed by atoms with Gasteiger partial charge in [-0.15, -0.1) is 23.8 Å². The molecule has 0 saturated carbocycles. The Morgan fingerprint density at radius 3 is 2.15 bits per heavy atom. The molecule has 0 aliphatic heterocycles. The van der Waals surface area contributed by atoms with Crippen molar-refractivity contribution >= 4 is 11.4 Å². The van der Waals surface area contributed by atoms with E-state index in [1.54, 1.807) is 6.07 Å². The number of aliphatic imine (C=N–C) groups is 1. The molecular formula is C26H18F4N2Pt. The summed E-state index contributed by atoms with van der Waals surface area (Å²) in [6, 6.07) is 28.1. The molecular weight excluding hydrogens is 611 g/mol. The summed E-state index contributed by atoms with van der Waals surface area (Å²) >= 11 is 0.639. The number of halogens is 4. The molecule has 0 unspecified atom stereocenters. The van der Waals surface area contributed by atoms with Crippen molar-refractivity contribution in [2.75, 3.05) is 0 Å². The van der Waals surface area contributed by atoms with Crippen LogP contribution >= 0.6 is 0 Å². The molecule has 0 aliphatic carbocycles. The molecule has 0 spiro atoms. The summed E-state index contributed by atoms with van der Waals surface area (Å²) in [5, 5.41) is 0. The first-order chi connectivity index (χ1) is 15.9. The van der Waals surface area contributed by atoms with Gasteiger partial charge in [-0.3, -0.25) is 9.98 Å². The minimum absolute atomic E-state index is 0.215. The van der Waals surface area contributed by atoms with Crippen LogP contribution in [0.4, 0.5) is 22.0 Å². The van der Waals surface area contributed by atoms with E-state index >= 15 is 0 Å². The van der Waals surface area contributed by atoms with Crippen LogP contribution in [0.5, 0.6) is 0 Å². The number of aryl methyl sites for hydroxylation is 1. The van der Waals surface area contributed by atoms with Crippen LogP contribution in [0.1, 0.15) is 22.3 Å². The Balaban J connectivity index is 0.00000149. The number of pyridine rings is 1. The van der Waals surface area contributed by atoms with Gasteiger partial charge in [-0.1, -0.05) is 72.6 Å². The Hall–Kier alpha value is -3.11. The Kier molecular flexibility index (Phi) is 8.29. The number of aromatic nitrogens is 1. The van der Waals surface area contributed by atoms with Gasteiger partial charge < -0.3 is 0 Å². The number of nitrogens with zero attached hydrogens (tertiary/aromatic N) is 2. The molecule has 0 fully saturated rings. The fourth-order valence-electron chi connectivity index (χ4n) is 3.24. The molecule has 0 radical (unpaired) electrons. The first-order valence-electron chi connectivity index (χ1n) is 9.79. The second-order valence-corrected chi connectivity index (χ2v) is 7.07. The van der Waals surface area contributed by atoms with Gasteiger partial charge in [-0.25, -0.2) is 0 Å². The van der Waals surface area contributed by atoms with Crippen LogP contribution in [0.2, 0.25) is 0 Å². The third-order valence-electron chi connectivity index (χ3n) is 4.68. The van der Waals surface area contributed by atoms with Crippen LogP contribution in [-0.4, -0.2) is 10.7 Å². The summed E-state index contributed by atoms with van der Waals surface area (Å²) in [5.74, 6) is 0. The summed E-state index contributed by atoms with van der Waals surface area (Å²) in [7, 11) is 0. The monoisotopic (exact) mass is 629 g/mol. The Bertz CT molecular complexity index is 1220. The molecule has 0 aliphatic rings. The van der Waals surface area contributed by atoms with Crippen molar-refractivity contribution in [3.8, 4) is 11.3 Å². The summed E-state index contributed by atoms with van der Waals surface area (Å²) in [5.41, 5.74) is 3.86. The molecule has 0 N–H and O–H groups in total. The van der Waals surface area contributed by atoms with E-state index in [1.165, 1.54) is 6.20 Å². The fraction of sp³-hybridized carbons (Fsp3) is 0.0769. The second-order valence-electron chi connectivity index (χ2n) is 7.07. The molecule has 0 amide bonds. The molecule has 170 valence electrons. The predicted octanol–water partition coefficient (Wildman–Crippen LogP) is 7.46. The van der Waals surface area contributed by atoms with E-state index in [-0.39, 0.29) is 5.69 Å². The first kappa shape index (κ1) is 24.5. The Morgan fingerprint density at radius 2 is 1.52 bits per heavy atom. The molecule has 1 aromatic heterocycles. The van der Waals surface area contributed by atoms with Crippen molar-refractivity contribution in [2.45, 2.75) is 13.1 Å². The molecule has 0 atom stereocenters. The molecule has 1 heterocycles. The van der Waals surface area contributed by atoms with Crippen molar-refractivity contribution < 1.29 is 36.7 Å². The van der Waals surface area contributed by atoms with Crippen LogP contribution in [0.25, 0.3) is 11.3 Å². The number of para-hydroxylation sites is 1. The number of hydrogen-bond acceptors (Lipinski definition) is 2. The van der Waals surface area contributed by atoms with Crippen LogP contribution in [0, 0.1) is 13.0 Å². The van der Waals surface area contributed by atoms with E-state index < -0.39 is 11.7 Å². The van der Waals surface area contributed by atoms with E-state index in [4.69, 9.17) is 4.99 Å². The summed E-state index contributed by atoms with van der Waals surface area (Å²) < 4.78 is 49.0. The van der Waals surface area contributed by atoms with Crippen molar-refractivity contribution in [1.82, 2.24) is 4.98 Å². The van der Waals surface area contributed by atoms with E-state index in [1.807, 2.05) is 73.7 Å². The van der Waals surface area contributed by atoms with E-state index in [0.717, 1.165) is 28.9 Å². The zero-order chi connectivity index (χ0) is 23.8. The topological polar surface area (TPSA) is 25.2 Å². The molecule has 2 nitrogen and oxygen atoms in total. The van der Waals surface area contributed by atoms with Crippen molar-refractivity contribution in [2.24, 2.45) is 4.99 Å². The first-order valence-corrected chi connectivity index (χ1v) is 10.6. The van der Waals surface area contributed by atoms with E-state index in [2.05, 4.69) is 11.1 Å². The van der Waals surface area contributed by atoms with E-state index in [9.17, 15) is 16.3 Å². The van der Waals surface area contributed by atoms with Gasteiger partial charge in [0.05, 0.1) is 11.3 Å². The van der Waals surface area contributed by atoms with Gasteiger partial charge in [0.25, 0.3) is 0 Å². The Morgan fingerprint density at radius 1 is 0.879 bits per heavy atom. The zero-order valence-corrected chi connectivity index (χ0v) is 19.7. The van der Waals surface area contributed by atoms with Gasteiger partial charge in [0.15, 0.2) is 0 Å². The molecule has 0 saturated heterocycles. The Labute approximate surface area is 201 Å². The van der Waals surface area contributed by atoms with Gasteiger partial charge in [0, 0.05) is 17.6 Å². The van der Waals surface area contributed by atoms with Crippen molar-refractivity contribution in [3.05, 3.63) is 119 Å². The number of benzene rings is 3. The standard InChI is InChI=1S/C26H18F3N2.FH.Pt/c1-18-14-20(24-17-22(12-13-30-24)26(27,28)29)16-21(15-18)25(19-8-4-2-5-9-19)31-23-10-6-3-7-11-23;;/h2-15,17H,1H3;1H;/q-1;;+2/p-1. The second kappa shape index (κ2) is 11.2. The molecule has 4 rings (SSSR count). The summed E-state index contributed by atoms with van der Waals surface area (Å²) in [6.07, 6.45) is -3.27. The quantitative estimate of drug-likeness (QED) is 0.131. The van der Waals surface area contributed by atoms with Crippen LogP contribution in [-0.2, 0) is 26.5 Å². The molecule has 0 bridgehead atoms. The van der Waals surface area contributed by atoms with E-state index in [0.29, 0.717) is 37.2 Å². The fourth-order valence-corrected chi connectivity index (χ4v) is 3.24. The normalized spacial score (nSPS) is 11.5. The number of alkyl halides is 3. The predicted molar refractivity (Wildman–Crippen MR) is 118 cm³/mol. The van der Waals surface area contributed by atoms with Crippen molar-refractivity contribution in [1.29, 1.82) is 0 Å². The molecule has 3 aromatic carbocycles. The maximum absolute atomic E-state index is 13.2. The molecule has 7 heteroatoms. The van der Waals surface area contributed by atoms with Crippen LogP contribution < -0.4 is 0 Å². The van der Waals surface area contributed by atoms with Gasteiger partial charge in [0.2, 0.25) is 0 Å². The number of rotatable bonds is 4. The maximum atomic E-state index is 13.2. The van der Waals surface area contributed by atoms with Gasteiger partial charge in [0.1, 0.15) is 0 Å². The summed E-state index contributed by atoms with van der Waals surface area (Å²) in [6.45, 7) is 1.89. The molecule has 4 aromatic rings. The van der Waals surface area contributed by atoms with Gasteiger partial charge in [-0.2, -0.15) is 13.2 Å². The number of hydrogen-bond donors (Lipinski definition) is 0. The molecule has 33 heavy (non-hydrogen) atoms.